The monoisotopic (exact) mass is 500 g/mol. The van der Waals surface area contributed by atoms with Crippen molar-refractivity contribution in [3.8, 4) is 0 Å². The Labute approximate surface area is 192 Å². The molecule has 0 bridgehead atoms. The summed E-state index contributed by atoms with van der Waals surface area (Å²) in [7, 11) is -0.195. The molecule has 2 fully saturated rings. The van der Waals surface area contributed by atoms with Gasteiger partial charge in [0, 0.05) is 0 Å². The number of hydrogen-bond acceptors (Lipinski definition) is 0. The smallest absolute Gasteiger partial charge is 1.00 e. The topological polar surface area (TPSA) is 0 Å². The van der Waals surface area contributed by atoms with Crippen LogP contribution in [0, 0.1) is 11.8 Å². The van der Waals surface area contributed by atoms with Crippen LogP contribution in [0.3, 0.4) is 0 Å². The molecular weight excluding hydrogens is 481 g/mol. The summed E-state index contributed by atoms with van der Waals surface area (Å²) < 4.78 is 1.82. The van der Waals surface area contributed by atoms with Crippen LogP contribution in [0.4, 0.5) is 0 Å². The van der Waals surface area contributed by atoms with Crippen molar-refractivity contribution >= 4 is 19.3 Å². The molecule has 4 aliphatic rings. The van der Waals surface area contributed by atoms with E-state index in [1.807, 2.05) is 5.31 Å². The molecule has 0 radical (unpaired) electrons. The minimum Gasteiger partial charge on any atom is -1.00 e. The Balaban J connectivity index is 0.000000961. The maximum atomic E-state index is 2.60. The molecule has 28 heavy (non-hydrogen) atoms. The van der Waals surface area contributed by atoms with Crippen LogP contribution in [0.25, 0.3) is 6.08 Å². The van der Waals surface area contributed by atoms with E-state index in [2.05, 4.69) is 85.0 Å². The summed E-state index contributed by atoms with van der Waals surface area (Å²) in [6.45, 7) is 0. The number of halogens is 2. The van der Waals surface area contributed by atoms with E-state index in [9.17, 15) is 0 Å². The number of rotatable bonds is 1. The summed E-state index contributed by atoms with van der Waals surface area (Å²) in [4.78, 5) is 0. The van der Waals surface area contributed by atoms with Gasteiger partial charge in [-0.2, -0.15) is 0 Å². The van der Waals surface area contributed by atoms with Crippen LogP contribution in [0.2, 0.25) is 3.63 Å². The molecule has 2 aromatic rings. The molecule has 0 aromatic heterocycles. The molecule has 0 spiro atoms. The van der Waals surface area contributed by atoms with E-state index in [4.69, 9.17) is 0 Å². The third-order valence-electron chi connectivity index (χ3n) is 6.55. The predicted octanol–water partition coefficient (Wildman–Crippen LogP) is -0.0871. The van der Waals surface area contributed by atoms with Crippen LogP contribution in [0.1, 0.15) is 21.2 Å². The van der Waals surface area contributed by atoms with Gasteiger partial charge in [-0.1, -0.05) is 0 Å². The second-order valence-electron chi connectivity index (χ2n) is 7.84. The van der Waals surface area contributed by atoms with Crippen molar-refractivity contribution in [3.05, 3.63) is 95.3 Å². The van der Waals surface area contributed by atoms with E-state index in [0.29, 0.717) is 0 Å². The molecule has 2 aromatic carbocycles. The van der Waals surface area contributed by atoms with E-state index >= 15 is 0 Å². The van der Waals surface area contributed by atoms with Crippen LogP contribution in [-0.4, -0.2) is 5.66 Å². The average molecular weight is 503 g/mol. The Morgan fingerprint density at radius 2 is 1.61 bits per heavy atom. The van der Waals surface area contributed by atoms with Gasteiger partial charge >= 0.3 is 169 Å². The third kappa shape index (κ3) is 3.18. The zero-order valence-electron chi connectivity index (χ0n) is 15.4. The Hall–Kier alpha value is -0.447. The van der Waals surface area contributed by atoms with Gasteiger partial charge in [-0.25, -0.2) is 0 Å². The van der Waals surface area contributed by atoms with Gasteiger partial charge in [0.1, 0.15) is 0 Å². The fourth-order valence-electron chi connectivity index (χ4n) is 5.47. The summed E-state index contributed by atoms with van der Waals surface area (Å²) in [6.07, 6.45) is 13.7. The fourth-order valence-corrected chi connectivity index (χ4v) is 16.7. The van der Waals surface area contributed by atoms with E-state index < -0.39 is 23.2 Å². The van der Waals surface area contributed by atoms with Crippen LogP contribution in [0.5, 0.6) is 0 Å². The number of allylic oxidation sites excluding steroid dienone is 5. The molecule has 0 N–H and O–H groups in total. The molecular formula is C24H21Cl2PZr. The average Bonchev–Trinajstić information content (AvgIpc) is 3.25. The van der Waals surface area contributed by atoms with Crippen LogP contribution in [0.15, 0.2) is 84.2 Å². The first kappa shape index (κ1) is 20.8. The van der Waals surface area contributed by atoms with Crippen LogP contribution in [-0.2, 0) is 23.2 Å². The standard InChI is InChI=1S/C24H21P.2ClH.Zr/c1-2-12-22(13-3-1)25(23-14-18-8-4-5-9-19(18)15-23)24-16-20-10-6-7-11-21(20)17-24;;;/h1-16,20-21,24H,17H2;2*1H;/q;;;+2/p-2. The molecule has 1 saturated heterocycles. The van der Waals surface area contributed by atoms with Crippen molar-refractivity contribution in [3.63, 3.8) is 0 Å². The quantitative estimate of drug-likeness (QED) is 0.479. The zero-order valence-corrected chi connectivity index (χ0v) is 20.2. The van der Waals surface area contributed by atoms with E-state index in [0.717, 1.165) is 24.7 Å². The summed E-state index contributed by atoms with van der Waals surface area (Å²) in [6, 6.07) is 20.7. The Morgan fingerprint density at radius 3 is 2.46 bits per heavy atom. The predicted molar refractivity (Wildman–Crippen MR) is 108 cm³/mol. The molecule has 1 saturated carbocycles. The van der Waals surface area contributed by atoms with Gasteiger partial charge in [0.2, 0.25) is 0 Å². The maximum Gasteiger partial charge on any atom is -1.00 e. The second kappa shape index (κ2) is 8.36. The van der Waals surface area contributed by atoms with Gasteiger partial charge in [-0.15, -0.1) is 0 Å². The molecule has 6 unspecified atom stereocenters. The largest absolute Gasteiger partial charge is 1.00 e. The van der Waals surface area contributed by atoms with E-state index in [-0.39, 0.29) is 32.7 Å². The Morgan fingerprint density at radius 1 is 0.857 bits per heavy atom. The number of hydrogen-bond donors (Lipinski definition) is 0. The van der Waals surface area contributed by atoms with Gasteiger partial charge in [-0.3, -0.25) is 0 Å². The molecule has 1 heterocycles. The molecule has 4 heteroatoms. The first-order chi connectivity index (χ1) is 12.9. The molecule has 0 nitrogen and oxygen atoms in total. The van der Waals surface area contributed by atoms with Gasteiger partial charge in [0.05, 0.1) is 0 Å². The minimum absolute atomic E-state index is 0. The van der Waals surface area contributed by atoms with Crippen molar-refractivity contribution in [2.45, 2.75) is 19.3 Å². The fraction of sp³-hybridized carbons (Fsp3) is 0.250. The SMILES string of the molecule is C1=CC2CC3[CH]([Zr+2][CH]4C(=Cc5ccccc54)P3c3ccccc3)C2C=C1.[Cl-].[Cl-]. The molecule has 140 valence electrons. The first-order valence-electron chi connectivity index (χ1n) is 9.66. The van der Waals surface area contributed by atoms with Gasteiger partial charge < -0.3 is 24.8 Å². The molecule has 6 rings (SSSR count). The van der Waals surface area contributed by atoms with E-state index in [1.54, 1.807) is 10.9 Å². The van der Waals surface area contributed by atoms with Crippen molar-refractivity contribution in [1.82, 2.24) is 0 Å². The van der Waals surface area contributed by atoms with E-state index in [1.165, 1.54) is 12.0 Å². The van der Waals surface area contributed by atoms with Crippen molar-refractivity contribution in [1.29, 1.82) is 0 Å². The Kier molecular flexibility index (Phi) is 6.21. The summed E-state index contributed by atoms with van der Waals surface area (Å²) in [5.74, 6) is 1.64. The second-order valence-corrected chi connectivity index (χ2v) is 14.2. The summed E-state index contributed by atoms with van der Waals surface area (Å²) >= 11 is -0.524. The molecule has 3 aliphatic carbocycles. The number of benzene rings is 2. The van der Waals surface area contributed by atoms with Crippen molar-refractivity contribution < 1.29 is 48.0 Å². The molecule has 6 atom stereocenters. The Bertz CT molecular complexity index is 952. The summed E-state index contributed by atoms with van der Waals surface area (Å²) in [5.41, 5.74) is 4.10. The minimum atomic E-state index is -0.524. The van der Waals surface area contributed by atoms with Crippen LogP contribution < -0.4 is 30.1 Å². The van der Waals surface area contributed by atoms with Gasteiger partial charge in [0.25, 0.3) is 0 Å². The van der Waals surface area contributed by atoms with Gasteiger partial charge in [0.15, 0.2) is 0 Å². The van der Waals surface area contributed by atoms with Crippen molar-refractivity contribution in [2.75, 3.05) is 0 Å². The summed E-state index contributed by atoms with van der Waals surface area (Å²) in [5, 5.41) is 3.44. The number of fused-ring (bicyclic) bond motifs is 6. The molecule has 1 aliphatic heterocycles. The molecule has 0 amide bonds. The third-order valence-corrected chi connectivity index (χ3v) is 16.1. The maximum absolute atomic E-state index is 2.60. The van der Waals surface area contributed by atoms with Crippen molar-refractivity contribution in [2.24, 2.45) is 11.8 Å². The normalized spacial score (nSPS) is 32.9. The van der Waals surface area contributed by atoms with Crippen LogP contribution >= 0.6 is 7.92 Å². The first-order valence-corrected chi connectivity index (χ1v) is 13.9. The zero-order chi connectivity index (χ0) is 17.1. The van der Waals surface area contributed by atoms with Gasteiger partial charge in [-0.05, 0) is 0 Å².